The second-order valence-corrected chi connectivity index (χ2v) is 6.05. The standard InChI is InChI=1S/C11H15Si/c1-12(2)10-6-9-11-7-4-3-5-8-11/h3-9H,10H2,1-2H3/b9-6+. The Labute approximate surface area is 76.5 Å². The molecule has 0 unspecified atom stereocenters. The van der Waals surface area contributed by atoms with Crippen molar-refractivity contribution in [3.8, 4) is 0 Å². The van der Waals surface area contributed by atoms with E-state index in [9.17, 15) is 0 Å². The van der Waals surface area contributed by atoms with E-state index in [2.05, 4.69) is 49.5 Å². The molecule has 0 aliphatic rings. The molecule has 1 heteroatoms. The number of rotatable bonds is 3. The Hall–Kier alpha value is -0.823. The first-order valence-corrected chi connectivity index (χ1v) is 7.00. The molecule has 0 bridgehead atoms. The predicted octanol–water partition coefficient (Wildman–Crippen LogP) is 3.45. The van der Waals surface area contributed by atoms with E-state index in [1.165, 1.54) is 11.6 Å². The third-order valence-corrected chi connectivity index (χ3v) is 2.69. The Morgan fingerprint density at radius 1 is 1.17 bits per heavy atom. The van der Waals surface area contributed by atoms with E-state index in [4.69, 9.17) is 0 Å². The smallest absolute Gasteiger partial charge is 0.0452 e. The zero-order valence-corrected chi connectivity index (χ0v) is 8.75. The second-order valence-electron chi connectivity index (χ2n) is 3.22. The highest BCUT2D eigenvalue weighted by Crippen LogP contribution is 2.03. The third kappa shape index (κ3) is 3.53. The van der Waals surface area contributed by atoms with E-state index in [-0.39, 0.29) is 8.80 Å². The van der Waals surface area contributed by atoms with Gasteiger partial charge in [-0.2, -0.15) is 0 Å². The molecule has 1 radical (unpaired) electrons. The van der Waals surface area contributed by atoms with Crippen molar-refractivity contribution in [2.75, 3.05) is 0 Å². The SMILES string of the molecule is C[Si](C)C/C=C/c1ccccc1. The maximum absolute atomic E-state index is 2.33. The topological polar surface area (TPSA) is 0 Å². The molecule has 0 aliphatic heterocycles. The maximum Gasteiger partial charge on any atom is 0.0452 e. The van der Waals surface area contributed by atoms with Crippen LogP contribution in [-0.4, -0.2) is 8.80 Å². The molecule has 0 spiro atoms. The minimum Gasteiger partial charge on any atom is -0.0868 e. The van der Waals surface area contributed by atoms with Gasteiger partial charge in [0, 0.05) is 8.80 Å². The van der Waals surface area contributed by atoms with Crippen molar-refractivity contribution in [2.45, 2.75) is 19.1 Å². The Kier molecular flexibility index (Phi) is 3.81. The average Bonchev–Trinajstić information content (AvgIpc) is 2.05. The minimum absolute atomic E-state index is 0.0910. The summed E-state index contributed by atoms with van der Waals surface area (Å²) in [5.74, 6) is 0. The summed E-state index contributed by atoms with van der Waals surface area (Å²) in [6.07, 6.45) is 4.49. The fourth-order valence-corrected chi connectivity index (χ4v) is 1.58. The summed E-state index contributed by atoms with van der Waals surface area (Å²) >= 11 is 0. The van der Waals surface area contributed by atoms with Crippen LogP contribution in [0.1, 0.15) is 5.56 Å². The molecule has 0 fully saturated rings. The number of allylic oxidation sites excluding steroid dienone is 1. The Morgan fingerprint density at radius 2 is 1.83 bits per heavy atom. The first kappa shape index (κ1) is 9.27. The highest BCUT2D eigenvalue weighted by Gasteiger charge is 1.89. The molecule has 1 aromatic carbocycles. The normalized spacial score (nSPS) is 11.2. The summed E-state index contributed by atoms with van der Waals surface area (Å²) in [7, 11) is -0.0910. The molecule has 0 aliphatic carbocycles. The van der Waals surface area contributed by atoms with Gasteiger partial charge in [-0.15, -0.1) is 0 Å². The van der Waals surface area contributed by atoms with Gasteiger partial charge < -0.3 is 0 Å². The van der Waals surface area contributed by atoms with Gasteiger partial charge in [-0.25, -0.2) is 0 Å². The zero-order valence-electron chi connectivity index (χ0n) is 7.75. The molecule has 0 heterocycles. The number of hydrogen-bond donors (Lipinski definition) is 0. The van der Waals surface area contributed by atoms with Crippen LogP contribution < -0.4 is 0 Å². The van der Waals surface area contributed by atoms with Crippen LogP contribution in [-0.2, 0) is 0 Å². The summed E-state index contributed by atoms with van der Waals surface area (Å²) in [5.41, 5.74) is 1.31. The summed E-state index contributed by atoms with van der Waals surface area (Å²) in [6.45, 7) is 4.67. The van der Waals surface area contributed by atoms with E-state index >= 15 is 0 Å². The second kappa shape index (κ2) is 4.94. The molecule has 0 amide bonds. The summed E-state index contributed by atoms with van der Waals surface area (Å²) in [4.78, 5) is 0. The van der Waals surface area contributed by atoms with Crippen LogP contribution in [0.5, 0.6) is 0 Å². The molecule has 0 N–H and O–H groups in total. The van der Waals surface area contributed by atoms with Crippen LogP contribution in [0, 0.1) is 0 Å². The van der Waals surface area contributed by atoms with Crippen LogP contribution >= 0.6 is 0 Å². The molecular formula is C11H15Si. The van der Waals surface area contributed by atoms with Crippen molar-refractivity contribution in [3.05, 3.63) is 42.0 Å². The number of benzene rings is 1. The van der Waals surface area contributed by atoms with E-state index in [0.29, 0.717) is 0 Å². The highest BCUT2D eigenvalue weighted by molar-refractivity contribution is 6.56. The minimum atomic E-state index is -0.0910. The summed E-state index contributed by atoms with van der Waals surface area (Å²) in [5, 5.41) is 0. The Balaban J connectivity index is 2.47. The van der Waals surface area contributed by atoms with Gasteiger partial charge in [0.1, 0.15) is 0 Å². The quantitative estimate of drug-likeness (QED) is 0.617. The monoisotopic (exact) mass is 175 g/mol. The van der Waals surface area contributed by atoms with Gasteiger partial charge in [-0.05, 0) is 11.6 Å². The molecular weight excluding hydrogens is 160 g/mol. The van der Waals surface area contributed by atoms with Crippen molar-refractivity contribution in [3.63, 3.8) is 0 Å². The highest BCUT2D eigenvalue weighted by atomic mass is 28.3. The lowest BCUT2D eigenvalue weighted by Crippen LogP contribution is -1.94. The molecule has 63 valence electrons. The fourth-order valence-electron chi connectivity index (χ4n) is 0.995. The van der Waals surface area contributed by atoms with E-state index in [1.54, 1.807) is 0 Å². The van der Waals surface area contributed by atoms with Crippen LogP contribution in [0.25, 0.3) is 6.08 Å². The molecule has 0 atom stereocenters. The van der Waals surface area contributed by atoms with Gasteiger partial charge in [0.05, 0.1) is 0 Å². The first-order chi connectivity index (χ1) is 5.79. The van der Waals surface area contributed by atoms with Crippen LogP contribution in [0.4, 0.5) is 0 Å². The lowest BCUT2D eigenvalue weighted by Gasteiger charge is -1.94. The van der Waals surface area contributed by atoms with Gasteiger partial charge in [0.15, 0.2) is 0 Å². The van der Waals surface area contributed by atoms with E-state index in [1.807, 2.05) is 6.07 Å². The largest absolute Gasteiger partial charge is 0.0868 e. The van der Waals surface area contributed by atoms with Gasteiger partial charge in [-0.1, -0.05) is 55.6 Å². The molecule has 0 saturated carbocycles. The Morgan fingerprint density at radius 3 is 2.42 bits per heavy atom. The van der Waals surface area contributed by atoms with Crippen LogP contribution in [0.3, 0.4) is 0 Å². The number of hydrogen-bond acceptors (Lipinski definition) is 0. The molecule has 0 aromatic heterocycles. The molecule has 0 nitrogen and oxygen atoms in total. The van der Waals surface area contributed by atoms with Gasteiger partial charge in [0.2, 0.25) is 0 Å². The van der Waals surface area contributed by atoms with Gasteiger partial charge in [-0.3, -0.25) is 0 Å². The lowest BCUT2D eigenvalue weighted by atomic mass is 10.2. The maximum atomic E-state index is 2.33. The van der Waals surface area contributed by atoms with E-state index in [0.717, 1.165) is 0 Å². The molecule has 12 heavy (non-hydrogen) atoms. The Bertz CT molecular complexity index is 236. The lowest BCUT2D eigenvalue weighted by molar-refractivity contribution is 1.60. The van der Waals surface area contributed by atoms with Crippen molar-refractivity contribution < 1.29 is 0 Å². The van der Waals surface area contributed by atoms with Gasteiger partial charge >= 0.3 is 0 Å². The molecule has 1 aromatic rings. The predicted molar refractivity (Wildman–Crippen MR) is 57.8 cm³/mol. The van der Waals surface area contributed by atoms with Crippen molar-refractivity contribution >= 4 is 14.9 Å². The van der Waals surface area contributed by atoms with Gasteiger partial charge in [0.25, 0.3) is 0 Å². The first-order valence-electron chi connectivity index (χ1n) is 4.29. The zero-order chi connectivity index (χ0) is 8.81. The van der Waals surface area contributed by atoms with Crippen LogP contribution in [0.2, 0.25) is 19.1 Å². The van der Waals surface area contributed by atoms with Crippen LogP contribution in [0.15, 0.2) is 36.4 Å². The average molecular weight is 175 g/mol. The fraction of sp³-hybridized carbons (Fsp3) is 0.273. The molecule has 1 rings (SSSR count). The molecule has 0 saturated heterocycles. The van der Waals surface area contributed by atoms with Crippen molar-refractivity contribution in [1.82, 2.24) is 0 Å². The summed E-state index contributed by atoms with van der Waals surface area (Å²) < 4.78 is 0. The van der Waals surface area contributed by atoms with Crippen molar-refractivity contribution in [2.24, 2.45) is 0 Å². The van der Waals surface area contributed by atoms with E-state index < -0.39 is 0 Å². The summed E-state index contributed by atoms with van der Waals surface area (Å²) in [6, 6.07) is 11.7. The van der Waals surface area contributed by atoms with Crippen molar-refractivity contribution in [1.29, 1.82) is 0 Å². The third-order valence-electron chi connectivity index (χ3n) is 1.64.